The summed E-state index contributed by atoms with van der Waals surface area (Å²) in [6.45, 7) is 9.07. The molecule has 3 heteroatoms. The van der Waals surface area contributed by atoms with Crippen LogP contribution in [0.3, 0.4) is 0 Å². The van der Waals surface area contributed by atoms with Crippen molar-refractivity contribution in [1.29, 1.82) is 0 Å². The van der Waals surface area contributed by atoms with Crippen LogP contribution in [0.25, 0.3) is 0 Å². The second-order valence-corrected chi connectivity index (χ2v) is 4.80. The Morgan fingerprint density at radius 1 is 1.17 bits per heavy atom. The topological polar surface area (TPSA) is 38.0 Å². The van der Waals surface area contributed by atoms with Crippen LogP contribution in [0.1, 0.15) is 41.0 Å². The van der Waals surface area contributed by atoms with Crippen molar-refractivity contribution in [3.63, 3.8) is 0 Å². The monoisotopic (exact) mass is 244 g/mol. The van der Waals surface area contributed by atoms with Crippen LogP contribution in [0.15, 0.2) is 24.7 Å². The van der Waals surface area contributed by atoms with Gasteiger partial charge in [0.1, 0.15) is 6.10 Å². The van der Waals surface area contributed by atoms with Gasteiger partial charge >= 0.3 is 0 Å². The van der Waals surface area contributed by atoms with Gasteiger partial charge in [-0.05, 0) is 49.9 Å². The fourth-order valence-electron chi connectivity index (χ4n) is 2.26. The van der Waals surface area contributed by atoms with Crippen molar-refractivity contribution in [1.82, 2.24) is 9.55 Å². The molecule has 0 aliphatic carbocycles. The summed E-state index contributed by atoms with van der Waals surface area (Å²) in [7, 11) is 0. The van der Waals surface area contributed by atoms with Crippen LogP contribution >= 0.6 is 0 Å². The lowest BCUT2D eigenvalue weighted by atomic mass is 9.96. The summed E-state index contributed by atoms with van der Waals surface area (Å²) >= 11 is 0. The molecular formula is C15H20N2O. The molecule has 1 atom stereocenters. The molecule has 3 nitrogen and oxygen atoms in total. The average molecular weight is 244 g/mol. The van der Waals surface area contributed by atoms with E-state index in [1.165, 1.54) is 11.1 Å². The van der Waals surface area contributed by atoms with Crippen LogP contribution in [0, 0.1) is 20.8 Å². The predicted octanol–water partition coefficient (Wildman–Crippen LogP) is 2.91. The fourth-order valence-corrected chi connectivity index (χ4v) is 2.26. The highest BCUT2D eigenvalue weighted by atomic mass is 16.3. The van der Waals surface area contributed by atoms with E-state index in [1.807, 2.05) is 18.4 Å². The molecule has 0 bridgehead atoms. The van der Waals surface area contributed by atoms with E-state index in [-0.39, 0.29) is 0 Å². The highest BCUT2D eigenvalue weighted by Crippen LogP contribution is 2.26. The molecule has 0 fully saturated rings. The highest BCUT2D eigenvalue weighted by molar-refractivity contribution is 5.40. The van der Waals surface area contributed by atoms with Crippen molar-refractivity contribution >= 4 is 0 Å². The maximum absolute atomic E-state index is 10.5. The largest absolute Gasteiger partial charge is 0.382 e. The van der Waals surface area contributed by atoms with Gasteiger partial charge in [0, 0.05) is 6.54 Å². The second kappa shape index (κ2) is 4.94. The van der Waals surface area contributed by atoms with Crippen molar-refractivity contribution in [3.8, 4) is 0 Å². The standard InChI is InChI=1S/C15H20N2O/c1-5-17-9-16-8-14(17)15(18)13-7-11(3)10(2)6-12(13)4/h6-9,15,18H,5H2,1-4H3. The van der Waals surface area contributed by atoms with Crippen LogP contribution in [-0.4, -0.2) is 14.7 Å². The molecule has 0 aliphatic rings. The molecule has 1 unspecified atom stereocenters. The van der Waals surface area contributed by atoms with Crippen LogP contribution in [0.5, 0.6) is 0 Å². The van der Waals surface area contributed by atoms with Gasteiger partial charge in [-0.25, -0.2) is 4.98 Å². The minimum atomic E-state index is -0.605. The molecule has 0 amide bonds. The molecule has 0 aliphatic heterocycles. The van der Waals surface area contributed by atoms with E-state index in [1.54, 1.807) is 12.5 Å². The maximum atomic E-state index is 10.5. The first kappa shape index (κ1) is 12.8. The Bertz CT molecular complexity index is 558. The van der Waals surface area contributed by atoms with E-state index in [9.17, 15) is 5.11 Å². The average Bonchev–Trinajstić information content (AvgIpc) is 2.81. The summed E-state index contributed by atoms with van der Waals surface area (Å²) in [5.74, 6) is 0. The minimum absolute atomic E-state index is 0.605. The van der Waals surface area contributed by atoms with Gasteiger partial charge < -0.3 is 9.67 Å². The Labute approximate surface area is 108 Å². The molecule has 2 rings (SSSR count). The summed E-state index contributed by atoms with van der Waals surface area (Å²) < 4.78 is 1.97. The van der Waals surface area contributed by atoms with E-state index in [0.717, 1.165) is 23.4 Å². The third-order valence-electron chi connectivity index (χ3n) is 3.54. The third kappa shape index (κ3) is 2.18. The second-order valence-electron chi connectivity index (χ2n) is 4.80. The van der Waals surface area contributed by atoms with Crippen LogP contribution in [-0.2, 0) is 6.54 Å². The zero-order valence-electron chi connectivity index (χ0n) is 11.4. The molecule has 2 aromatic rings. The zero-order chi connectivity index (χ0) is 13.3. The van der Waals surface area contributed by atoms with Crippen molar-refractivity contribution < 1.29 is 5.11 Å². The van der Waals surface area contributed by atoms with Gasteiger partial charge in [-0.2, -0.15) is 0 Å². The van der Waals surface area contributed by atoms with E-state index in [0.29, 0.717) is 0 Å². The van der Waals surface area contributed by atoms with Crippen molar-refractivity contribution in [2.45, 2.75) is 40.3 Å². The lowest BCUT2D eigenvalue weighted by Gasteiger charge is -2.17. The Kier molecular flexibility index (Phi) is 3.53. The van der Waals surface area contributed by atoms with Crippen LogP contribution in [0.4, 0.5) is 0 Å². The van der Waals surface area contributed by atoms with Gasteiger partial charge in [-0.15, -0.1) is 0 Å². The zero-order valence-corrected chi connectivity index (χ0v) is 11.4. The number of hydrogen-bond donors (Lipinski definition) is 1. The number of aromatic nitrogens is 2. The number of aryl methyl sites for hydroxylation is 4. The van der Waals surface area contributed by atoms with Gasteiger partial charge in [0.2, 0.25) is 0 Å². The number of rotatable bonds is 3. The predicted molar refractivity (Wildman–Crippen MR) is 72.6 cm³/mol. The molecule has 1 aromatic carbocycles. The smallest absolute Gasteiger partial charge is 0.121 e. The number of aliphatic hydroxyl groups excluding tert-OH is 1. The molecule has 1 N–H and O–H groups in total. The first-order valence-corrected chi connectivity index (χ1v) is 6.30. The molecule has 18 heavy (non-hydrogen) atoms. The summed E-state index contributed by atoms with van der Waals surface area (Å²) in [6.07, 6.45) is 2.89. The summed E-state index contributed by atoms with van der Waals surface area (Å²) in [6, 6.07) is 4.20. The molecule has 1 heterocycles. The van der Waals surface area contributed by atoms with Crippen molar-refractivity contribution in [2.24, 2.45) is 0 Å². The SMILES string of the molecule is CCn1cncc1C(O)c1cc(C)c(C)cc1C. The van der Waals surface area contributed by atoms with Gasteiger partial charge in [-0.1, -0.05) is 12.1 Å². The Morgan fingerprint density at radius 3 is 2.50 bits per heavy atom. The first-order valence-electron chi connectivity index (χ1n) is 6.30. The number of nitrogens with zero attached hydrogens (tertiary/aromatic N) is 2. The molecule has 0 spiro atoms. The van der Waals surface area contributed by atoms with Gasteiger partial charge in [0.05, 0.1) is 18.2 Å². The Balaban J connectivity index is 2.46. The minimum Gasteiger partial charge on any atom is -0.382 e. The van der Waals surface area contributed by atoms with Crippen LogP contribution < -0.4 is 0 Å². The van der Waals surface area contributed by atoms with Crippen molar-refractivity contribution in [3.05, 3.63) is 52.6 Å². The van der Waals surface area contributed by atoms with E-state index in [4.69, 9.17) is 0 Å². The molecule has 96 valence electrons. The third-order valence-corrected chi connectivity index (χ3v) is 3.54. The highest BCUT2D eigenvalue weighted by Gasteiger charge is 2.17. The number of hydrogen-bond acceptors (Lipinski definition) is 2. The number of benzene rings is 1. The molecular weight excluding hydrogens is 224 g/mol. The molecule has 0 saturated heterocycles. The Morgan fingerprint density at radius 2 is 1.83 bits per heavy atom. The maximum Gasteiger partial charge on any atom is 0.121 e. The van der Waals surface area contributed by atoms with E-state index >= 15 is 0 Å². The summed E-state index contributed by atoms with van der Waals surface area (Å²) in [5.41, 5.74) is 5.40. The summed E-state index contributed by atoms with van der Waals surface area (Å²) in [4.78, 5) is 4.11. The molecule has 0 saturated carbocycles. The van der Waals surface area contributed by atoms with Gasteiger partial charge in [0.15, 0.2) is 0 Å². The number of aliphatic hydroxyl groups is 1. The van der Waals surface area contributed by atoms with E-state index in [2.05, 4.69) is 31.0 Å². The quantitative estimate of drug-likeness (QED) is 0.901. The fraction of sp³-hybridized carbons (Fsp3) is 0.400. The molecule has 1 aromatic heterocycles. The molecule has 0 radical (unpaired) electrons. The summed E-state index contributed by atoms with van der Waals surface area (Å²) in [5, 5.41) is 10.5. The normalized spacial score (nSPS) is 12.7. The first-order chi connectivity index (χ1) is 8.54. The van der Waals surface area contributed by atoms with Crippen molar-refractivity contribution in [2.75, 3.05) is 0 Å². The number of imidazole rings is 1. The Hall–Kier alpha value is -1.61. The van der Waals surface area contributed by atoms with Crippen LogP contribution in [0.2, 0.25) is 0 Å². The van der Waals surface area contributed by atoms with Gasteiger partial charge in [0.25, 0.3) is 0 Å². The van der Waals surface area contributed by atoms with Gasteiger partial charge in [-0.3, -0.25) is 0 Å². The lowest BCUT2D eigenvalue weighted by Crippen LogP contribution is -2.09. The lowest BCUT2D eigenvalue weighted by molar-refractivity contribution is 0.209. The van der Waals surface area contributed by atoms with E-state index < -0.39 is 6.10 Å².